The fourth-order valence-corrected chi connectivity index (χ4v) is 5.46. The van der Waals surface area contributed by atoms with Crippen molar-refractivity contribution < 1.29 is 41.8 Å². The smallest absolute Gasteiger partial charge is 0.416 e. The second-order valence-corrected chi connectivity index (χ2v) is 10.0. The van der Waals surface area contributed by atoms with Gasteiger partial charge in [-0.3, -0.25) is 14.5 Å². The number of carboxylic acids is 1. The lowest BCUT2D eigenvalue weighted by atomic mass is 9.68. The maximum Gasteiger partial charge on any atom is 0.416 e. The lowest BCUT2D eigenvalue weighted by Crippen LogP contribution is -2.59. The van der Waals surface area contributed by atoms with E-state index in [1.807, 2.05) is 0 Å². The first kappa shape index (κ1) is 26.0. The lowest BCUT2D eigenvalue weighted by Gasteiger charge is -2.54. The summed E-state index contributed by atoms with van der Waals surface area (Å²) in [4.78, 5) is 40.6. The van der Waals surface area contributed by atoms with Crippen LogP contribution in [-0.4, -0.2) is 40.1 Å². The molecule has 2 fully saturated rings. The molecule has 38 heavy (non-hydrogen) atoms. The molecule has 11 heteroatoms. The molecule has 1 N–H and O–H groups in total. The van der Waals surface area contributed by atoms with Crippen LogP contribution in [0, 0.1) is 11.7 Å². The van der Waals surface area contributed by atoms with Crippen LogP contribution in [0.25, 0.3) is 0 Å². The maximum absolute atomic E-state index is 14.5. The Morgan fingerprint density at radius 2 is 1.71 bits per heavy atom. The van der Waals surface area contributed by atoms with Crippen molar-refractivity contribution in [1.82, 2.24) is 4.90 Å². The third-order valence-corrected chi connectivity index (χ3v) is 7.52. The third kappa shape index (κ3) is 5.06. The van der Waals surface area contributed by atoms with Crippen LogP contribution in [0.2, 0.25) is 0 Å². The monoisotopic (exact) mass is 534 g/mol. The summed E-state index contributed by atoms with van der Waals surface area (Å²) in [6, 6.07) is 7.46. The first-order valence-corrected chi connectivity index (χ1v) is 12.5. The summed E-state index contributed by atoms with van der Waals surface area (Å²) < 4.78 is 58.4. The molecule has 2 aliphatic carbocycles. The minimum atomic E-state index is -4.47. The molecular formula is C27H26F4N2O5. The van der Waals surface area contributed by atoms with Crippen LogP contribution in [0.1, 0.15) is 61.3 Å². The van der Waals surface area contributed by atoms with Crippen molar-refractivity contribution >= 4 is 23.7 Å². The number of alkyl halides is 3. The standard InChI is InChI=1S/C27H26F4N2O5/c28-17-5-9-22-20(13-17)25(32(18-6-7-18)23(34)11-12-24(35)36)19-8-10-21(19)33(22)26(37)38-14-15-1-3-16(4-2-15)27(29,30)31/h1-5,9,13,18-19,21,25H,6-8,10-12,14H2,(H,35,36). The van der Waals surface area contributed by atoms with Crippen molar-refractivity contribution in [3.05, 3.63) is 65.0 Å². The fraction of sp³-hybridized carbons (Fsp3) is 0.444. The van der Waals surface area contributed by atoms with Crippen molar-refractivity contribution in [3.63, 3.8) is 0 Å². The predicted molar refractivity (Wildman–Crippen MR) is 126 cm³/mol. The zero-order valence-electron chi connectivity index (χ0n) is 20.3. The molecule has 2 amide bonds. The van der Waals surface area contributed by atoms with Gasteiger partial charge in [0.15, 0.2) is 0 Å². The lowest BCUT2D eigenvalue weighted by molar-refractivity contribution is -0.143. The molecule has 1 aliphatic heterocycles. The molecule has 7 nitrogen and oxygen atoms in total. The summed E-state index contributed by atoms with van der Waals surface area (Å²) in [6.07, 6.45) is -2.78. The van der Waals surface area contributed by atoms with Gasteiger partial charge < -0.3 is 14.7 Å². The van der Waals surface area contributed by atoms with E-state index in [1.165, 1.54) is 35.2 Å². The number of ether oxygens (including phenoxy) is 1. The van der Waals surface area contributed by atoms with E-state index in [9.17, 15) is 31.9 Å². The van der Waals surface area contributed by atoms with E-state index >= 15 is 0 Å². The summed E-state index contributed by atoms with van der Waals surface area (Å²) in [6.45, 7) is -0.243. The number of anilines is 1. The Bertz CT molecular complexity index is 1250. The number of fused-ring (bicyclic) bond motifs is 2. The van der Waals surface area contributed by atoms with Crippen LogP contribution in [-0.2, 0) is 27.1 Å². The summed E-state index contributed by atoms with van der Waals surface area (Å²) in [5.74, 6) is -2.10. The minimum Gasteiger partial charge on any atom is -0.481 e. The van der Waals surface area contributed by atoms with Gasteiger partial charge in [-0.2, -0.15) is 13.2 Å². The summed E-state index contributed by atoms with van der Waals surface area (Å²) in [5.41, 5.74) is 0.454. The number of rotatable bonds is 7. The number of hydrogen-bond acceptors (Lipinski definition) is 4. The average molecular weight is 535 g/mol. The molecule has 3 unspecified atom stereocenters. The Hall–Kier alpha value is -3.63. The largest absolute Gasteiger partial charge is 0.481 e. The number of benzene rings is 2. The van der Waals surface area contributed by atoms with Gasteiger partial charge in [-0.1, -0.05) is 12.1 Å². The Morgan fingerprint density at radius 3 is 2.29 bits per heavy atom. The molecule has 3 atom stereocenters. The number of nitrogens with zero attached hydrogens (tertiary/aromatic N) is 2. The van der Waals surface area contributed by atoms with Crippen molar-refractivity contribution in [2.45, 2.75) is 69.4 Å². The predicted octanol–water partition coefficient (Wildman–Crippen LogP) is 5.68. The average Bonchev–Trinajstić information content (AvgIpc) is 3.68. The van der Waals surface area contributed by atoms with Crippen molar-refractivity contribution in [2.24, 2.45) is 5.92 Å². The van der Waals surface area contributed by atoms with Crippen molar-refractivity contribution in [3.8, 4) is 0 Å². The number of aliphatic carboxylic acids is 1. The van der Waals surface area contributed by atoms with Gasteiger partial charge in [0.2, 0.25) is 5.91 Å². The van der Waals surface area contributed by atoms with E-state index in [2.05, 4.69) is 0 Å². The molecule has 2 saturated carbocycles. The summed E-state index contributed by atoms with van der Waals surface area (Å²) in [7, 11) is 0. The van der Waals surface area contributed by atoms with E-state index in [0.717, 1.165) is 25.0 Å². The Balaban J connectivity index is 1.40. The highest BCUT2D eigenvalue weighted by atomic mass is 19.4. The topological polar surface area (TPSA) is 87.2 Å². The maximum atomic E-state index is 14.5. The quantitative estimate of drug-likeness (QED) is 0.462. The van der Waals surface area contributed by atoms with Gasteiger partial charge >= 0.3 is 18.2 Å². The van der Waals surface area contributed by atoms with Gasteiger partial charge in [0, 0.05) is 30.0 Å². The molecule has 2 aromatic carbocycles. The van der Waals surface area contributed by atoms with Crippen LogP contribution < -0.4 is 4.90 Å². The van der Waals surface area contributed by atoms with Crippen LogP contribution in [0.5, 0.6) is 0 Å². The van der Waals surface area contributed by atoms with Crippen LogP contribution in [0.4, 0.5) is 28.0 Å². The number of carboxylic acid groups (broad SMARTS) is 1. The Labute approximate surface area is 216 Å². The van der Waals surface area contributed by atoms with Gasteiger partial charge in [-0.15, -0.1) is 0 Å². The van der Waals surface area contributed by atoms with Crippen LogP contribution in [0.15, 0.2) is 42.5 Å². The van der Waals surface area contributed by atoms with Crippen LogP contribution in [0.3, 0.4) is 0 Å². The molecule has 202 valence electrons. The molecule has 0 saturated heterocycles. The molecule has 0 spiro atoms. The van der Waals surface area contributed by atoms with E-state index in [4.69, 9.17) is 9.84 Å². The van der Waals surface area contributed by atoms with Gasteiger partial charge in [-0.25, -0.2) is 9.18 Å². The van der Waals surface area contributed by atoms with Crippen molar-refractivity contribution in [1.29, 1.82) is 0 Å². The highest BCUT2D eigenvalue weighted by Crippen LogP contribution is 2.54. The normalized spacial score (nSPS) is 22.1. The second kappa shape index (κ2) is 9.92. The van der Waals surface area contributed by atoms with E-state index in [-0.39, 0.29) is 43.4 Å². The number of halogens is 4. The molecule has 2 aromatic rings. The molecule has 0 radical (unpaired) electrons. The third-order valence-electron chi connectivity index (χ3n) is 7.52. The molecule has 1 heterocycles. The molecule has 0 aromatic heterocycles. The first-order valence-electron chi connectivity index (χ1n) is 12.5. The number of carbonyl (C=O) groups is 3. The van der Waals surface area contributed by atoms with Crippen LogP contribution >= 0.6 is 0 Å². The highest BCUT2D eigenvalue weighted by molar-refractivity contribution is 5.91. The highest BCUT2D eigenvalue weighted by Gasteiger charge is 2.54. The number of hydrogen-bond donors (Lipinski definition) is 1. The van der Waals surface area contributed by atoms with Gasteiger partial charge in [0.25, 0.3) is 0 Å². The van der Waals surface area contributed by atoms with Gasteiger partial charge in [-0.05, 0) is 61.6 Å². The second-order valence-electron chi connectivity index (χ2n) is 10.0. The fourth-order valence-electron chi connectivity index (χ4n) is 5.46. The number of amides is 2. The Morgan fingerprint density at radius 1 is 1.00 bits per heavy atom. The molecule has 3 aliphatic rings. The summed E-state index contributed by atoms with van der Waals surface area (Å²) >= 11 is 0. The minimum absolute atomic E-state index is 0.0585. The van der Waals surface area contributed by atoms with E-state index in [1.54, 1.807) is 4.90 Å². The molecule has 0 bridgehead atoms. The van der Waals surface area contributed by atoms with E-state index in [0.29, 0.717) is 29.7 Å². The first-order chi connectivity index (χ1) is 18.0. The SMILES string of the molecule is O=C(O)CCC(=O)N(C1CC1)C1c2cc(F)ccc2N(C(=O)OCc2ccc(C(F)(F)F)cc2)C2CCC21. The molecule has 5 rings (SSSR count). The summed E-state index contributed by atoms with van der Waals surface area (Å²) in [5, 5.41) is 9.06. The Kier molecular flexibility index (Phi) is 6.79. The van der Waals surface area contributed by atoms with E-state index < -0.39 is 35.7 Å². The van der Waals surface area contributed by atoms with Crippen molar-refractivity contribution in [2.75, 3.05) is 4.90 Å². The molecular weight excluding hydrogens is 508 g/mol. The zero-order chi connectivity index (χ0) is 27.2. The van der Waals surface area contributed by atoms with Gasteiger partial charge in [0.05, 0.1) is 23.7 Å². The number of carbonyl (C=O) groups excluding carboxylic acids is 2. The van der Waals surface area contributed by atoms with Gasteiger partial charge in [0.1, 0.15) is 12.4 Å². The zero-order valence-corrected chi connectivity index (χ0v) is 20.3.